The molecule has 6 heteroatoms. The first-order chi connectivity index (χ1) is 17.7. The number of carbonyl (C=O) groups is 2. The Balaban J connectivity index is 1.49. The summed E-state index contributed by atoms with van der Waals surface area (Å²) in [5.41, 5.74) is 3.61. The van der Waals surface area contributed by atoms with E-state index in [1.54, 1.807) is 17.3 Å². The van der Waals surface area contributed by atoms with Crippen LogP contribution >= 0.6 is 0 Å². The SMILES string of the molecule is O=C(NC1CCCCC1)[C@@H](c1cccnc1)N(Cc1ccccc1)C(=O)Cc1c[nH]c2ccccc12. The lowest BCUT2D eigenvalue weighted by Gasteiger charge is -2.33. The van der Waals surface area contributed by atoms with Crippen LogP contribution in [-0.4, -0.2) is 32.7 Å². The number of carbonyl (C=O) groups excluding carboxylic acids is 2. The predicted octanol–water partition coefficient (Wildman–Crippen LogP) is 5.32. The molecule has 0 spiro atoms. The highest BCUT2D eigenvalue weighted by atomic mass is 16.2. The summed E-state index contributed by atoms with van der Waals surface area (Å²) >= 11 is 0. The van der Waals surface area contributed by atoms with E-state index >= 15 is 0 Å². The predicted molar refractivity (Wildman–Crippen MR) is 141 cm³/mol. The van der Waals surface area contributed by atoms with E-state index in [0.717, 1.165) is 47.7 Å². The Hall–Kier alpha value is -3.93. The maximum atomic E-state index is 14.0. The number of pyridine rings is 1. The van der Waals surface area contributed by atoms with Crippen molar-refractivity contribution in [3.05, 3.63) is 102 Å². The van der Waals surface area contributed by atoms with Gasteiger partial charge in [-0.15, -0.1) is 0 Å². The van der Waals surface area contributed by atoms with Gasteiger partial charge in [-0.1, -0.05) is 73.9 Å². The van der Waals surface area contributed by atoms with Crippen molar-refractivity contribution < 1.29 is 9.59 Å². The maximum absolute atomic E-state index is 14.0. The molecular formula is C30H32N4O2. The number of hydrogen-bond donors (Lipinski definition) is 2. The van der Waals surface area contributed by atoms with E-state index in [1.165, 1.54) is 6.42 Å². The van der Waals surface area contributed by atoms with Crippen LogP contribution < -0.4 is 5.32 Å². The van der Waals surface area contributed by atoms with Gasteiger partial charge in [0.2, 0.25) is 11.8 Å². The van der Waals surface area contributed by atoms with Crippen LogP contribution in [0.15, 0.2) is 85.3 Å². The van der Waals surface area contributed by atoms with Crippen molar-refractivity contribution >= 4 is 22.7 Å². The lowest BCUT2D eigenvalue weighted by molar-refractivity contribution is -0.141. The van der Waals surface area contributed by atoms with Gasteiger partial charge in [0.1, 0.15) is 6.04 Å². The second-order valence-electron chi connectivity index (χ2n) is 9.58. The van der Waals surface area contributed by atoms with Crippen LogP contribution in [0.25, 0.3) is 10.9 Å². The summed E-state index contributed by atoms with van der Waals surface area (Å²) in [5, 5.41) is 4.28. The normalized spacial score (nSPS) is 14.9. The second-order valence-corrected chi connectivity index (χ2v) is 9.58. The van der Waals surface area contributed by atoms with E-state index in [-0.39, 0.29) is 24.3 Å². The number of hydrogen-bond acceptors (Lipinski definition) is 3. The van der Waals surface area contributed by atoms with Crippen LogP contribution in [0.1, 0.15) is 54.8 Å². The van der Waals surface area contributed by atoms with Gasteiger partial charge < -0.3 is 15.2 Å². The largest absolute Gasteiger partial charge is 0.361 e. The topological polar surface area (TPSA) is 78.1 Å². The van der Waals surface area contributed by atoms with E-state index in [4.69, 9.17) is 0 Å². The zero-order chi connectivity index (χ0) is 24.7. The van der Waals surface area contributed by atoms with E-state index in [2.05, 4.69) is 15.3 Å². The molecule has 2 aromatic carbocycles. The monoisotopic (exact) mass is 480 g/mol. The third-order valence-electron chi connectivity index (χ3n) is 7.04. The lowest BCUT2D eigenvalue weighted by atomic mass is 9.94. The first-order valence-corrected chi connectivity index (χ1v) is 12.8. The zero-order valence-corrected chi connectivity index (χ0v) is 20.4. The van der Waals surface area contributed by atoms with Crippen molar-refractivity contribution in [1.82, 2.24) is 20.2 Å². The third kappa shape index (κ3) is 5.48. The molecule has 6 nitrogen and oxygen atoms in total. The summed E-state index contributed by atoms with van der Waals surface area (Å²) in [4.78, 5) is 37.1. The second kappa shape index (κ2) is 11.2. The van der Waals surface area contributed by atoms with Crippen LogP contribution in [-0.2, 0) is 22.6 Å². The standard InChI is InChI=1S/C30H32N4O2/c35-28(18-24-20-32-27-16-8-7-15-26(24)27)34(21-22-10-3-1-4-11-22)29(23-12-9-17-31-19-23)30(36)33-25-13-5-2-6-14-25/h1,3-4,7-12,15-17,19-20,25,29,32H,2,5-6,13-14,18,21H2,(H,33,36)/t29-/m1/s1. The molecule has 2 aromatic heterocycles. The van der Waals surface area contributed by atoms with Crippen LogP contribution in [0.5, 0.6) is 0 Å². The molecule has 184 valence electrons. The fourth-order valence-electron chi connectivity index (χ4n) is 5.18. The summed E-state index contributed by atoms with van der Waals surface area (Å²) in [6.07, 6.45) is 10.9. The Bertz CT molecular complexity index is 1300. The number of rotatable bonds is 8. The molecule has 2 amide bonds. The summed E-state index contributed by atoms with van der Waals surface area (Å²) in [6, 6.07) is 20.9. The Kier molecular flexibility index (Phi) is 7.41. The molecule has 4 aromatic rings. The summed E-state index contributed by atoms with van der Waals surface area (Å²) in [7, 11) is 0. The molecule has 5 rings (SSSR count). The van der Waals surface area contributed by atoms with Crippen LogP contribution in [0.3, 0.4) is 0 Å². The molecule has 0 bridgehead atoms. The number of nitrogens with zero attached hydrogens (tertiary/aromatic N) is 2. The van der Waals surface area contributed by atoms with Gasteiger partial charge >= 0.3 is 0 Å². The van der Waals surface area contributed by atoms with Crippen molar-refractivity contribution in [3.8, 4) is 0 Å². The minimum Gasteiger partial charge on any atom is -0.361 e. The minimum absolute atomic E-state index is 0.101. The number of aromatic nitrogens is 2. The minimum atomic E-state index is -0.765. The van der Waals surface area contributed by atoms with Gasteiger partial charge in [0.05, 0.1) is 6.42 Å². The van der Waals surface area contributed by atoms with Crippen molar-refractivity contribution in [3.63, 3.8) is 0 Å². The number of benzene rings is 2. The summed E-state index contributed by atoms with van der Waals surface area (Å²) in [5.74, 6) is -0.241. The molecule has 1 aliphatic carbocycles. The Morgan fingerprint density at radius 2 is 1.75 bits per heavy atom. The quantitative estimate of drug-likeness (QED) is 0.358. The average molecular weight is 481 g/mol. The molecule has 0 unspecified atom stereocenters. The Labute approximate surface area is 211 Å². The lowest BCUT2D eigenvalue weighted by Crippen LogP contribution is -2.47. The molecular weight excluding hydrogens is 448 g/mol. The fraction of sp³-hybridized carbons (Fsp3) is 0.300. The zero-order valence-electron chi connectivity index (χ0n) is 20.4. The van der Waals surface area contributed by atoms with Crippen LogP contribution in [0, 0.1) is 0 Å². The van der Waals surface area contributed by atoms with Gasteiger partial charge in [-0.25, -0.2) is 0 Å². The van der Waals surface area contributed by atoms with E-state index in [0.29, 0.717) is 12.1 Å². The summed E-state index contributed by atoms with van der Waals surface area (Å²) in [6.45, 7) is 0.333. The molecule has 1 aliphatic rings. The molecule has 0 saturated heterocycles. The highest BCUT2D eigenvalue weighted by Gasteiger charge is 2.33. The number of amides is 2. The van der Waals surface area contributed by atoms with Crippen molar-refractivity contribution in [2.75, 3.05) is 0 Å². The first kappa shape index (κ1) is 23.8. The highest BCUT2D eigenvalue weighted by molar-refractivity contribution is 5.92. The highest BCUT2D eigenvalue weighted by Crippen LogP contribution is 2.27. The Morgan fingerprint density at radius 1 is 0.972 bits per heavy atom. The van der Waals surface area contributed by atoms with Crippen LogP contribution in [0.2, 0.25) is 0 Å². The van der Waals surface area contributed by atoms with E-state index < -0.39 is 6.04 Å². The summed E-state index contributed by atoms with van der Waals surface area (Å²) < 4.78 is 0. The average Bonchev–Trinajstić information content (AvgIpc) is 3.33. The van der Waals surface area contributed by atoms with Gasteiger partial charge in [0.25, 0.3) is 0 Å². The Morgan fingerprint density at radius 3 is 2.53 bits per heavy atom. The van der Waals surface area contributed by atoms with Crippen molar-refractivity contribution in [1.29, 1.82) is 0 Å². The van der Waals surface area contributed by atoms with Gasteiger partial charge in [-0.2, -0.15) is 0 Å². The van der Waals surface area contributed by atoms with Crippen molar-refractivity contribution in [2.24, 2.45) is 0 Å². The number of nitrogens with one attached hydrogen (secondary N) is 2. The number of aromatic amines is 1. The molecule has 0 radical (unpaired) electrons. The van der Waals surface area contributed by atoms with Gasteiger partial charge in [-0.05, 0) is 36.1 Å². The first-order valence-electron chi connectivity index (χ1n) is 12.8. The third-order valence-corrected chi connectivity index (χ3v) is 7.04. The molecule has 1 fully saturated rings. The molecule has 1 saturated carbocycles. The van der Waals surface area contributed by atoms with Gasteiger partial charge in [-0.3, -0.25) is 14.6 Å². The van der Waals surface area contributed by atoms with Crippen molar-refractivity contribution in [2.45, 2.75) is 57.2 Å². The number of para-hydroxylation sites is 1. The number of H-pyrrole nitrogens is 1. The molecule has 2 heterocycles. The molecule has 36 heavy (non-hydrogen) atoms. The fourth-order valence-corrected chi connectivity index (χ4v) is 5.18. The van der Waals surface area contributed by atoms with E-state index in [1.807, 2.05) is 72.9 Å². The van der Waals surface area contributed by atoms with Crippen LogP contribution in [0.4, 0.5) is 0 Å². The maximum Gasteiger partial charge on any atom is 0.247 e. The van der Waals surface area contributed by atoms with Gasteiger partial charge in [0, 0.05) is 47.6 Å². The molecule has 1 atom stereocenters. The van der Waals surface area contributed by atoms with E-state index in [9.17, 15) is 9.59 Å². The van der Waals surface area contributed by atoms with Gasteiger partial charge in [0.15, 0.2) is 0 Å². The smallest absolute Gasteiger partial charge is 0.247 e. The molecule has 0 aliphatic heterocycles. The number of fused-ring (bicyclic) bond motifs is 1. The molecule has 2 N–H and O–H groups in total.